The fraction of sp³-hybridized carbons (Fsp3) is 0.400. The molecular weight excluding hydrogens is 344 g/mol. The lowest BCUT2D eigenvalue weighted by Crippen LogP contribution is -2.41. The van der Waals surface area contributed by atoms with Crippen LogP contribution in [0.1, 0.15) is 13.3 Å². The zero-order valence-electron chi connectivity index (χ0n) is 15.2. The predicted molar refractivity (Wildman–Crippen MR) is 100 cm³/mol. The molecule has 1 N–H and O–H groups in total. The number of aliphatic carboxylic acids is 1. The highest BCUT2D eigenvalue weighted by molar-refractivity contribution is 5.93. The summed E-state index contributed by atoms with van der Waals surface area (Å²) < 4.78 is 0. The standard InChI is InChI=1S/C20H22N4O3/c1-2-10-23-12-20(19(26)27)13-24(11-15(20)18(23)25)17-9-8-16(21-22-17)14-6-4-3-5-7-14/h3-9,15H,2,10-13H2,1H3,(H,26,27)/t15-,20+/m1/s1. The molecular formula is C20H22N4O3. The first kappa shape index (κ1) is 17.5. The smallest absolute Gasteiger partial charge is 0.314 e. The molecule has 7 heteroatoms. The fourth-order valence-corrected chi connectivity index (χ4v) is 4.20. The van der Waals surface area contributed by atoms with Gasteiger partial charge in [0.05, 0.1) is 11.6 Å². The fourth-order valence-electron chi connectivity index (χ4n) is 4.20. The van der Waals surface area contributed by atoms with Gasteiger partial charge in [-0.25, -0.2) is 0 Å². The van der Waals surface area contributed by atoms with E-state index in [1.807, 2.05) is 54.3 Å². The summed E-state index contributed by atoms with van der Waals surface area (Å²) in [6.07, 6.45) is 0.824. The van der Waals surface area contributed by atoms with Crippen LogP contribution in [0, 0.1) is 11.3 Å². The minimum Gasteiger partial charge on any atom is -0.481 e. The maximum Gasteiger partial charge on any atom is 0.314 e. The number of hydrogen-bond donors (Lipinski definition) is 1. The summed E-state index contributed by atoms with van der Waals surface area (Å²) in [6, 6.07) is 13.5. The Balaban J connectivity index is 1.57. The quantitative estimate of drug-likeness (QED) is 0.870. The predicted octanol–water partition coefficient (Wildman–Crippen LogP) is 1.90. The molecule has 27 heavy (non-hydrogen) atoms. The van der Waals surface area contributed by atoms with Crippen LogP contribution in [-0.4, -0.2) is 58.3 Å². The Morgan fingerprint density at radius 2 is 1.96 bits per heavy atom. The maximum absolute atomic E-state index is 12.7. The van der Waals surface area contributed by atoms with Gasteiger partial charge in [0.15, 0.2) is 5.82 Å². The number of hydrogen-bond acceptors (Lipinski definition) is 5. The molecule has 4 rings (SSSR count). The first-order chi connectivity index (χ1) is 13.0. The van der Waals surface area contributed by atoms with Gasteiger partial charge in [-0.15, -0.1) is 10.2 Å². The molecule has 0 saturated carbocycles. The number of carbonyl (C=O) groups is 2. The molecule has 1 aromatic carbocycles. The van der Waals surface area contributed by atoms with Gasteiger partial charge in [-0.2, -0.15) is 0 Å². The van der Waals surface area contributed by atoms with Crippen LogP contribution in [0.5, 0.6) is 0 Å². The van der Waals surface area contributed by atoms with Crippen molar-refractivity contribution in [1.82, 2.24) is 15.1 Å². The average molecular weight is 366 g/mol. The highest BCUT2D eigenvalue weighted by Crippen LogP contribution is 2.44. The minimum atomic E-state index is -1.06. The first-order valence-electron chi connectivity index (χ1n) is 9.21. The number of aromatic nitrogens is 2. The molecule has 0 radical (unpaired) electrons. The van der Waals surface area contributed by atoms with E-state index in [9.17, 15) is 14.7 Å². The molecule has 0 bridgehead atoms. The minimum absolute atomic E-state index is 0.0596. The molecule has 2 aliphatic heterocycles. The van der Waals surface area contributed by atoms with Crippen LogP contribution in [-0.2, 0) is 9.59 Å². The van der Waals surface area contributed by atoms with E-state index in [1.165, 1.54) is 0 Å². The monoisotopic (exact) mass is 366 g/mol. The molecule has 3 heterocycles. The van der Waals surface area contributed by atoms with Crippen molar-refractivity contribution in [2.24, 2.45) is 11.3 Å². The van der Waals surface area contributed by atoms with Crippen molar-refractivity contribution in [3.63, 3.8) is 0 Å². The second-order valence-electron chi connectivity index (χ2n) is 7.30. The third-order valence-corrected chi connectivity index (χ3v) is 5.59. The van der Waals surface area contributed by atoms with Crippen molar-refractivity contribution in [3.05, 3.63) is 42.5 Å². The Labute approximate surface area is 157 Å². The Morgan fingerprint density at radius 1 is 1.19 bits per heavy atom. The van der Waals surface area contributed by atoms with Crippen molar-refractivity contribution in [3.8, 4) is 11.3 Å². The summed E-state index contributed by atoms with van der Waals surface area (Å²) in [7, 11) is 0. The molecule has 2 saturated heterocycles. The summed E-state index contributed by atoms with van der Waals surface area (Å²) in [5, 5.41) is 18.5. The van der Waals surface area contributed by atoms with Crippen LogP contribution in [0.2, 0.25) is 0 Å². The van der Waals surface area contributed by atoms with Crippen molar-refractivity contribution in [2.45, 2.75) is 13.3 Å². The van der Waals surface area contributed by atoms with Gasteiger partial charge in [-0.3, -0.25) is 9.59 Å². The van der Waals surface area contributed by atoms with Crippen molar-refractivity contribution < 1.29 is 14.7 Å². The van der Waals surface area contributed by atoms with Gasteiger partial charge in [-0.1, -0.05) is 37.3 Å². The molecule has 2 atom stereocenters. The lowest BCUT2D eigenvalue weighted by Gasteiger charge is -2.25. The van der Waals surface area contributed by atoms with Crippen LogP contribution in [0.25, 0.3) is 11.3 Å². The van der Waals surface area contributed by atoms with Gasteiger partial charge in [-0.05, 0) is 18.6 Å². The van der Waals surface area contributed by atoms with Gasteiger partial charge < -0.3 is 14.9 Å². The van der Waals surface area contributed by atoms with Gasteiger partial charge in [0.2, 0.25) is 5.91 Å². The molecule has 0 spiro atoms. The van der Waals surface area contributed by atoms with E-state index in [0.717, 1.165) is 17.7 Å². The number of carbonyl (C=O) groups excluding carboxylic acids is 1. The zero-order chi connectivity index (χ0) is 19.0. The molecule has 2 fully saturated rings. The van der Waals surface area contributed by atoms with E-state index in [2.05, 4.69) is 10.2 Å². The maximum atomic E-state index is 12.7. The van der Waals surface area contributed by atoms with E-state index in [1.54, 1.807) is 4.90 Å². The van der Waals surface area contributed by atoms with E-state index < -0.39 is 17.3 Å². The van der Waals surface area contributed by atoms with Crippen LogP contribution < -0.4 is 4.90 Å². The number of amides is 1. The van der Waals surface area contributed by atoms with E-state index in [-0.39, 0.29) is 19.0 Å². The highest BCUT2D eigenvalue weighted by atomic mass is 16.4. The number of fused-ring (bicyclic) bond motifs is 1. The number of benzene rings is 1. The largest absolute Gasteiger partial charge is 0.481 e. The lowest BCUT2D eigenvalue weighted by molar-refractivity contribution is -0.149. The molecule has 140 valence electrons. The van der Waals surface area contributed by atoms with Crippen LogP contribution in [0.3, 0.4) is 0 Å². The summed E-state index contributed by atoms with van der Waals surface area (Å²) in [6.45, 7) is 3.51. The topological polar surface area (TPSA) is 86.6 Å². The van der Waals surface area contributed by atoms with Crippen LogP contribution >= 0.6 is 0 Å². The average Bonchev–Trinajstić information content (AvgIpc) is 3.19. The summed E-state index contributed by atoms with van der Waals surface area (Å²) >= 11 is 0. The molecule has 1 amide bonds. The highest BCUT2D eigenvalue weighted by Gasteiger charge is 2.62. The van der Waals surface area contributed by atoms with Gasteiger partial charge in [0.1, 0.15) is 5.41 Å². The second kappa shape index (κ2) is 6.64. The Hall–Kier alpha value is -2.96. The van der Waals surface area contributed by atoms with Crippen LogP contribution in [0.15, 0.2) is 42.5 Å². The summed E-state index contributed by atoms with van der Waals surface area (Å²) in [5.41, 5.74) is 0.672. The number of nitrogens with zero attached hydrogens (tertiary/aromatic N) is 4. The van der Waals surface area contributed by atoms with E-state index in [0.29, 0.717) is 18.9 Å². The van der Waals surface area contributed by atoms with Gasteiger partial charge >= 0.3 is 5.97 Å². The van der Waals surface area contributed by atoms with Gasteiger partial charge in [0, 0.05) is 31.7 Å². The third kappa shape index (κ3) is 2.83. The molecule has 7 nitrogen and oxygen atoms in total. The molecule has 2 aliphatic rings. The number of likely N-dealkylation sites (tertiary alicyclic amines) is 1. The van der Waals surface area contributed by atoms with Crippen molar-refractivity contribution in [1.29, 1.82) is 0 Å². The SMILES string of the molecule is CCCN1C[C@]2(C(=O)O)CN(c3ccc(-c4ccccc4)nn3)C[C@@H]2C1=O. The van der Waals surface area contributed by atoms with Crippen molar-refractivity contribution >= 4 is 17.7 Å². The zero-order valence-corrected chi connectivity index (χ0v) is 15.2. The normalized spacial score (nSPS) is 24.3. The van der Waals surface area contributed by atoms with E-state index >= 15 is 0 Å². The van der Waals surface area contributed by atoms with E-state index in [4.69, 9.17) is 0 Å². The summed E-state index contributed by atoms with van der Waals surface area (Å²) in [5.74, 6) is -0.886. The van der Waals surface area contributed by atoms with Gasteiger partial charge in [0.25, 0.3) is 0 Å². The number of carboxylic acid groups (broad SMARTS) is 1. The van der Waals surface area contributed by atoms with Crippen LogP contribution in [0.4, 0.5) is 5.82 Å². The molecule has 1 aromatic heterocycles. The first-order valence-corrected chi connectivity index (χ1v) is 9.21. The summed E-state index contributed by atoms with van der Waals surface area (Å²) in [4.78, 5) is 28.3. The molecule has 2 aromatic rings. The Morgan fingerprint density at radius 3 is 2.56 bits per heavy atom. The molecule has 0 aliphatic carbocycles. The Kier molecular flexibility index (Phi) is 4.30. The molecule has 0 unspecified atom stereocenters. The lowest BCUT2D eigenvalue weighted by atomic mass is 9.81. The number of carboxylic acids is 1. The van der Waals surface area contributed by atoms with Crippen molar-refractivity contribution in [2.75, 3.05) is 31.1 Å². The Bertz CT molecular complexity index is 855. The number of rotatable bonds is 5. The second-order valence-corrected chi connectivity index (χ2v) is 7.30. The number of anilines is 1. The third-order valence-electron chi connectivity index (χ3n) is 5.59.